The molecule has 0 atom stereocenters. The molecular formula is C20H21N5O3S. The molecule has 0 spiro atoms. The normalized spacial score (nSPS) is 14.8. The molecule has 1 saturated heterocycles. The summed E-state index contributed by atoms with van der Waals surface area (Å²) in [6.45, 7) is 3.11. The number of piperazine rings is 1. The van der Waals surface area contributed by atoms with Crippen LogP contribution in [0.2, 0.25) is 0 Å². The third-order valence-corrected chi connectivity index (χ3v) is 5.88. The Balaban J connectivity index is 1.54. The molecule has 3 heterocycles. The summed E-state index contributed by atoms with van der Waals surface area (Å²) in [5, 5.41) is 4.61. The average molecular weight is 411 g/mol. The Hall–Kier alpha value is -3.04. The van der Waals surface area contributed by atoms with E-state index in [-0.39, 0.29) is 11.8 Å². The first-order valence-electron chi connectivity index (χ1n) is 9.21. The summed E-state index contributed by atoms with van der Waals surface area (Å²) in [6, 6.07) is 5.08. The van der Waals surface area contributed by atoms with Crippen LogP contribution in [0.1, 0.15) is 20.7 Å². The molecule has 29 heavy (non-hydrogen) atoms. The lowest BCUT2D eigenvalue weighted by Gasteiger charge is -2.32. The second kappa shape index (κ2) is 8.14. The summed E-state index contributed by atoms with van der Waals surface area (Å²) in [4.78, 5) is 37.8. The number of amides is 2. The highest BCUT2D eigenvalue weighted by Gasteiger charge is 2.22. The van der Waals surface area contributed by atoms with Crippen molar-refractivity contribution >= 4 is 39.1 Å². The molecule has 1 N–H and O–H groups in total. The van der Waals surface area contributed by atoms with Gasteiger partial charge in [0.25, 0.3) is 11.8 Å². The van der Waals surface area contributed by atoms with Gasteiger partial charge in [0.05, 0.1) is 28.6 Å². The maximum atomic E-state index is 12.8. The predicted octanol–water partition coefficient (Wildman–Crippen LogP) is 2.34. The van der Waals surface area contributed by atoms with Crippen molar-refractivity contribution in [3.05, 3.63) is 47.2 Å². The number of rotatable bonds is 4. The van der Waals surface area contributed by atoms with Crippen molar-refractivity contribution in [3.8, 4) is 5.75 Å². The third kappa shape index (κ3) is 3.92. The molecule has 0 saturated carbocycles. The molecule has 2 amide bonds. The number of carbonyl (C=O) groups is 2. The fourth-order valence-corrected chi connectivity index (χ4v) is 4.11. The van der Waals surface area contributed by atoms with E-state index in [0.29, 0.717) is 41.2 Å². The Morgan fingerprint density at radius 2 is 2.00 bits per heavy atom. The van der Waals surface area contributed by atoms with Gasteiger partial charge in [-0.15, -0.1) is 11.3 Å². The number of nitrogens with zero attached hydrogens (tertiary/aromatic N) is 4. The number of methoxy groups -OCH3 is 1. The van der Waals surface area contributed by atoms with Gasteiger partial charge in [0.2, 0.25) is 0 Å². The summed E-state index contributed by atoms with van der Waals surface area (Å²) in [7, 11) is 3.56. The number of anilines is 1. The van der Waals surface area contributed by atoms with Crippen LogP contribution in [-0.2, 0) is 0 Å². The van der Waals surface area contributed by atoms with Crippen molar-refractivity contribution in [2.45, 2.75) is 0 Å². The van der Waals surface area contributed by atoms with Gasteiger partial charge in [-0.2, -0.15) is 0 Å². The van der Waals surface area contributed by atoms with E-state index in [1.165, 1.54) is 24.8 Å². The van der Waals surface area contributed by atoms with E-state index in [0.717, 1.165) is 17.8 Å². The van der Waals surface area contributed by atoms with Crippen LogP contribution < -0.4 is 10.1 Å². The number of likely N-dealkylation sites (N-methyl/N-ethyl adjacent to an activating group) is 1. The Morgan fingerprint density at radius 3 is 2.76 bits per heavy atom. The molecular weight excluding hydrogens is 390 g/mol. The number of hydrogen-bond acceptors (Lipinski definition) is 7. The predicted molar refractivity (Wildman–Crippen MR) is 112 cm³/mol. The van der Waals surface area contributed by atoms with E-state index in [4.69, 9.17) is 4.74 Å². The Morgan fingerprint density at radius 1 is 1.21 bits per heavy atom. The molecule has 1 aliphatic heterocycles. The van der Waals surface area contributed by atoms with Crippen LogP contribution in [0.3, 0.4) is 0 Å². The molecule has 0 bridgehead atoms. The zero-order valence-electron chi connectivity index (χ0n) is 16.2. The number of fused-ring (bicyclic) bond motifs is 1. The van der Waals surface area contributed by atoms with E-state index in [1.54, 1.807) is 29.8 Å². The molecule has 0 radical (unpaired) electrons. The van der Waals surface area contributed by atoms with E-state index >= 15 is 0 Å². The Bertz CT molecular complexity index is 1060. The summed E-state index contributed by atoms with van der Waals surface area (Å²) in [6.07, 6.45) is 3.11. The number of ether oxygens (including phenoxy) is 1. The van der Waals surface area contributed by atoms with Crippen molar-refractivity contribution in [2.24, 2.45) is 0 Å². The van der Waals surface area contributed by atoms with Crippen LogP contribution in [0.5, 0.6) is 5.75 Å². The molecule has 1 aromatic carbocycles. The van der Waals surface area contributed by atoms with Crippen molar-refractivity contribution < 1.29 is 14.3 Å². The quantitative estimate of drug-likeness (QED) is 0.709. The van der Waals surface area contributed by atoms with Crippen LogP contribution in [0.25, 0.3) is 10.2 Å². The topological polar surface area (TPSA) is 87.7 Å². The third-order valence-electron chi connectivity index (χ3n) is 4.97. The minimum atomic E-state index is -0.286. The van der Waals surface area contributed by atoms with Crippen LogP contribution in [-0.4, -0.2) is 71.9 Å². The van der Waals surface area contributed by atoms with Gasteiger partial charge in [-0.3, -0.25) is 9.59 Å². The highest BCUT2D eigenvalue weighted by molar-refractivity contribution is 7.17. The van der Waals surface area contributed by atoms with Crippen LogP contribution in [0.15, 0.2) is 36.1 Å². The average Bonchev–Trinajstić information content (AvgIpc) is 3.18. The Kier molecular flexibility index (Phi) is 5.41. The van der Waals surface area contributed by atoms with Gasteiger partial charge in [-0.05, 0) is 25.2 Å². The van der Waals surface area contributed by atoms with Crippen LogP contribution >= 0.6 is 11.3 Å². The largest absolute Gasteiger partial charge is 0.495 e. The summed E-state index contributed by atoms with van der Waals surface area (Å²) in [5.41, 5.74) is 2.13. The molecule has 3 aromatic rings. The van der Waals surface area contributed by atoms with Crippen molar-refractivity contribution in [1.82, 2.24) is 19.8 Å². The smallest absolute Gasteiger partial charge is 0.258 e. The summed E-state index contributed by atoms with van der Waals surface area (Å²) >= 11 is 1.41. The van der Waals surface area contributed by atoms with E-state index in [9.17, 15) is 9.59 Å². The highest BCUT2D eigenvalue weighted by atomic mass is 32.1. The molecule has 9 heteroatoms. The number of nitrogens with one attached hydrogen (secondary N) is 1. The minimum Gasteiger partial charge on any atom is -0.495 e. The summed E-state index contributed by atoms with van der Waals surface area (Å²) < 4.78 is 6.27. The maximum Gasteiger partial charge on any atom is 0.258 e. The van der Waals surface area contributed by atoms with Crippen molar-refractivity contribution in [1.29, 1.82) is 0 Å². The molecule has 2 aromatic heterocycles. The maximum absolute atomic E-state index is 12.8. The lowest BCUT2D eigenvalue weighted by molar-refractivity contribution is 0.0663. The van der Waals surface area contributed by atoms with Gasteiger partial charge in [0, 0.05) is 43.3 Å². The fraction of sp³-hybridized carbons (Fsp3) is 0.300. The van der Waals surface area contributed by atoms with Gasteiger partial charge in [-0.1, -0.05) is 0 Å². The van der Waals surface area contributed by atoms with Gasteiger partial charge in [0.15, 0.2) is 0 Å². The molecule has 0 aliphatic carbocycles. The number of thiophene rings is 1. The molecule has 0 unspecified atom stereocenters. The second-order valence-corrected chi connectivity index (χ2v) is 7.76. The minimum absolute atomic E-state index is 0.0326. The fourth-order valence-electron chi connectivity index (χ4n) is 3.25. The number of benzene rings is 1. The van der Waals surface area contributed by atoms with Crippen LogP contribution in [0.4, 0.5) is 5.69 Å². The number of carbonyl (C=O) groups excluding carboxylic acids is 2. The second-order valence-electron chi connectivity index (χ2n) is 6.85. The summed E-state index contributed by atoms with van der Waals surface area (Å²) in [5.74, 6) is 0.119. The molecule has 4 rings (SSSR count). The molecule has 150 valence electrons. The van der Waals surface area contributed by atoms with Gasteiger partial charge in [-0.25, -0.2) is 9.97 Å². The van der Waals surface area contributed by atoms with Crippen molar-refractivity contribution in [2.75, 3.05) is 45.7 Å². The lowest BCUT2D eigenvalue weighted by atomic mass is 10.1. The number of aromatic nitrogens is 2. The van der Waals surface area contributed by atoms with Crippen LogP contribution in [0, 0.1) is 0 Å². The first-order valence-corrected chi connectivity index (χ1v) is 10.1. The van der Waals surface area contributed by atoms with Gasteiger partial charge < -0.3 is 19.9 Å². The number of hydrogen-bond donors (Lipinski definition) is 1. The monoisotopic (exact) mass is 411 g/mol. The van der Waals surface area contributed by atoms with E-state index in [2.05, 4.69) is 20.2 Å². The lowest BCUT2D eigenvalue weighted by Crippen LogP contribution is -2.47. The zero-order valence-corrected chi connectivity index (χ0v) is 17.0. The highest BCUT2D eigenvalue weighted by Crippen LogP contribution is 2.29. The SMILES string of the molecule is COc1cc(C(=O)N2CCN(C)CC2)ccc1NC(=O)c1csc2cncnc12. The van der Waals surface area contributed by atoms with Crippen molar-refractivity contribution in [3.63, 3.8) is 0 Å². The zero-order chi connectivity index (χ0) is 20.4. The molecule has 8 nitrogen and oxygen atoms in total. The van der Waals surface area contributed by atoms with E-state index in [1.807, 2.05) is 11.9 Å². The molecule has 1 aliphatic rings. The van der Waals surface area contributed by atoms with Gasteiger partial charge in [0.1, 0.15) is 12.1 Å². The first-order chi connectivity index (χ1) is 14.1. The standard InChI is InChI=1S/C20H21N5O3S/c1-24-5-7-25(8-6-24)20(27)13-3-4-15(16(9-13)28-2)23-19(26)14-11-29-17-10-21-12-22-18(14)17/h3-4,9-12H,5-8H2,1-2H3,(H,23,26). The van der Waals surface area contributed by atoms with Gasteiger partial charge >= 0.3 is 0 Å². The first kappa shape index (κ1) is 19.3. The molecule has 1 fully saturated rings. The van der Waals surface area contributed by atoms with E-state index < -0.39 is 0 Å². The Labute approximate surface area is 172 Å².